The van der Waals surface area contributed by atoms with Gasteiger partial charge in [0.15, 0.2) is 5.11 Å². The molecule has 31 heavy (non-hydrogen) atoms. The summed E-state index contributed by atoms with van der Waals surface area (Å²) in [7, 11) is -3.64. The number of hydrogen-bond acceptors (Lipinski definition) is 5. The smallest absolute Gasteiger partial charge is 0.243 e. The van der Waals surface area contributed by atoms with Gasteiger partial charge in [0, 0.05) is 18.7 Å². The van der Waals surface area contributed by atoms with Crippen LogP contribution in [0.3, 0.4) is 0 Å². The molecule has 0 amide bonds. The SMILES string of the molecule is O=S(=O)(c1ccc(Cl)c(NC(=S)NN=C2CCCc3ccccc32)c1)N1CCOCC1. The van der Waals surface area contributed by atoms with Crippen molar-refractivity contribution in [2.24, 2.45) is 5.10 Å². The number of morpholine rings is 1. The lowest BCUT2D eigenvalue weighted by atomic mass is 9.90. The van der Waals surface area contributed by atoms with Crippen molar-refractivity contribution in [2.45, 2.75) is 24.2 Å². The quantitative estimate of drug-likeness (QED) is 0.517. The van der Waals surface area contributed by atoms with Crippen molar-refractivity contribution in [3.05, 3.63) is 58.6 Å². The summed E-state index contributed by atoms with van der Waals surface area (Å²) in [6.07, 6.45) is 2.93. The maximum Gasteiger partial charge on any atom is 0.243 e. The van der Waals surface area contributed by atoms with Crippen LogP contribution in [-0.4, -0.2) is 49.9 Å². The molecule has 0 spiro atoms. The highest BCUT2D eigenvalue weighted by Gasteiger charge is 2.27. The van der Waals surface area contributed by atoms with E-state index in [1.165, 1.54) is 22.0 Å². The molecule has 1 heterocycles. The van der Waals surface area contributed by atoms with Gasteiger partial charge >= 0.3 is 0 Å². The van der Waals surface area contributed by atoms with E-state index in [-0.39, 0.29) is 10.0 Å². The molecule has 0 unspecified atom stereocenters. The van der Waals surface area contributed by atoms with E-state index >= 15 is 0 Å². The van der Waals surface area contributed by atoms with Gasteiger partial charge in [0.25, 0.3) is 0 Å². The minimum absolute atomic E-state index is 0.150. The van der Waals surface area contributed by atoms with E-state index in [1.807, 2.05) is 12.1 Å². The van der Waals surface area contributed by atoms with Crippen molar-refractivity contribution >= 4 is 50.4 Å². The van der Waals surface area contributed by atoms with Crippen LogP contribution in [0.1, 0.15) is 24.0 Å². The van der Waals surface area contributed by atoms with Crippen LogP contribution in [0.25, 0.3) is 0 Å². The summed E-state index contributed by atoms with van der Waals surface area (Å²) in [5, 5.41) is 8.03. The van der Waals surface area contributed by atoms with Gasteiger partial charge in [-0.1, -0.05) is 35.9 Å². The Hall–Kier alpha value is -2.04. The lowest BCUT2D eigenvalue weighted by molar-refractivity contribution is 0.0730. The first-order valence-corrected chi connectivity index (χ1v) is 12.3. The normalized spacial score (nSPS) is 18.4. The van der Waals surface area contributed by atoms with E-state index in [1.54, 1.807) is 6.07 Å². The maximum absolute atomic E-state index is 12.9. The Morgan fingerprint density at radius 3 is 2.71 bits per heavy atom. The second-order valence-electron chi connectivity index (χ2n) is 7.29. The van der Waals surface area contributed by atoms with Crippen LogP contribution in [0.15, 0.2) is 52.5 Å². The fraction of sp³-hybridized carbons (Fsp3) is 0.333. The Morgan fingerprint density at radius 2 is 1.90 bits per heavy atom. The van der Waals surface area contributed by atoms with Crippen molar-refractivity contribution in [2.75, 3.05) is 31.6 Å². The molecule has 7 nitrogen and oxygen atoms in total. The number of anilines is 1. The summed E-state index contributed by atoms with van der Waals surface area (Å²) in [6.45, 7) is 1.42. The third-order valence-corrected chi connectivity index (χ3v) is 7.69. The highest BCUT2D eigenvalue weighted by Crippen LogP contribution is 2.27. The number of sulfonamides is 1. The first-order valence-electron chi connectivity index (χ1n) is 10.0. The molecule has 0 aromatic heterocycles. The van der Waals surface area contributed by atoms with E-state index in [9.17, 15) is 8.42 Å². The highest BCUT2D eigenvalue weighted by atomic mass is 35.5. The predicted molar refractivity (Wildman–Crippen MR) is 126 cm³/mol. The average Bonchev–Trinajstić information content (AvgIpc) is 2.79. The van der Waals surface area contributed by atoms with Crippen LogP contribution < -0.4 is 10.7 Å². The lowest BCUT2D eigenvalue weighted by Gasteiger charge is -2.26. The fourth-order valence-corrected chi connectivity index (χ4v) is 5.44. The summed E-state index contributed by atoms with van der Waals surface area (Å²) < 4.78 is 32.5. The van der Waals surface area contributed by atoms with E-state index in [4.69, 9.17) is 28.6 Å². The summed E-state index contributed by atoms with van der Waals surface area (Å²) in [5.41, 5.74) is 6.61. The number of aryl methyl sites for hydroxylation is 1. The predicted octanol–water partition coefficient (Wildman–Crippen LogP) is 3.39. The minimum atomic E-state index is -3.64. The number of rotatable bonds is 4. The zero-order valence-corrected chi connectivity index (χ0v) is 19.2. The Morgan fingerprint density at radius 1 is 1.13 bits per heavy atom. The van der Waals surface area contributed by atoms with Gasteiger partial charge in [-0.05, 0) is 55.2 Å². The maximum atomic E-state index is 12.9. The molecule has 10 heteroatoms. The molecular formula is C21H23ClN4O3S2. The van der Waals surface area contributed by atoms with Crippen molar-refractivity contribution in [1.29, 1.82) is 0 Å². The highest BCUT2D eigenvalue weighted by molar-refractivity contribution is 7.89. The van der Waals surface area contributed by atoms with E-state index in [0.717, 1.165) is 30.5 Å². The molecule has 2 aromatic carbocycles. The monoisotopic (exact) mass is 478 g/mol. The molecule has 4 rings (SSSR count). The minimum Gasteiger partial charge on any atom is -0.379 e. The van der Waals surface area contributed by atoms with E-state index in [2.05, 4.69) is 28.0 Å². The Balaban J connectivity index is 1.48. The standard InChI is InChI=1S/C21H23ClN4O3S2/c22-18-9-8-16(31(27,28)26-10-12-29-13-11-26)14-20(18)23-21(30)25-24-19-7-3-5-15-4-1-2-6-17(15)19/h1-2,4,6,8-9,14H,3,5,7,10-13H2,(H2,23,25,30). The average molecular weight is 479 g/mol. The first kappa shape index (κ1) is 22.2. The molecule has 1 aliphatic carbocycles. The van der Waals surface area contributed by atoms with Crippen LogP contribution >= 0.6 is 23.8 Å². The third-order valence-electron chi connectivity index (χ3n) is 5.27. The topological polar surface area (TPSA) is 83.0 Å². The molecule has 1 aliphatic heterocycles. The van der Waals surface area contributed by atoms with Crippen LogP contribution in [0, 0.1) is 0 Å². The molecule has 0 atom stereocenters. The number of hydrazone groups is 1. The first-order chi connectivity index (χ1) is 14.9. The summed E-state index contributed by atoms with van der Waals surface area (Å²) >= 11 is 11.6. The zero-order valence-electron chi connectivity index (χ0n) is 16.8. The molecule has 0 radical (unpaired) electrons. The van der Waals surface area contributed by atoms with Crippen LogP contribution in [0.2, 0.25) is 5.02 Å². The number of fused-ring (bicyclic) bond motifs is 1. The van der Waals surface area contributed by atoms with Gasteiger partial charge in [0.05, 0.1) is 34.5 Å². The van der Waals surface area contributed by atoms with Crippen molar-refractivity contribution < 1.29 is 13.2 Å². The molecule has 2 aromatic rings. The molecule has 1 saturated heterocycles. The van der Waals surface area contributed by atoms with E-state index < -0.39 is 10.0 Å². The number of nitrogens with zero attached hydrogens (tertiary/aromatic N) is 2. The van der Waals surface area contributed by atoms with Crippen LogP contribution in [0.4, 0.5) is 5.69 Å². The Labute approximate surface area is 192 Å². The Kier molecular flexibility index (Phi) is 6.88. The lowest BCUT2D eigenvalue weighted by Crippen LogP contribution is -2.40. The number of ether oxygens (including phenoxy) is 1. The summed E-state index contributed by atoms with van der Waals surface area (Å²) in [6, 6.07) is 12.7. The summed E-state index contributed by atoms with van der Waals surface area (Å²) in [5.74, 6) is 0. The number of nitrogens with one attached hydrogen (secondary N) is 2. The number of thiocarbonyl (C=S) groups is 1. The molecule has 0 bridgehead atoms. The second-order valence-corrected chi connectivity index (χ2v) is 10.0. The molecule has 1 fully saturated rings. The van der Waals surface area contributed by atoms with Crippen molar-refractivity contribution in [1.82, 2.24) is 9.73 Å². The Bertz CT molecular complexity index is 1120. The molecule has 164 valence electrons. The number of halogens is 1. The van der Waals surface area contributed by atoms with Crippen LogP contribution in [-0.2, 0) is 21.2 Å². The molecule has 2 N–H and O–H groups in total. The van der Waals surface area contributed by atoms with Gasteiger partial charge in [-0.15, -0.1) is 0 Å². The number of benzene rings is 2. The third kappa shape index (κ3) is 5.07. The van der Waals surface area contributed by atoms with Gasteiger partial charge in [0.2, 0.25) is 10.0 Å². The second kappa shape index (κ2) is 9.62. The van der Waals surface area contributed by atoms with Gasteiger partial charge < -0.3 is 10.1 Å². The van der Waals surface area contributed by atoms with Gasteiger partial charge in [0.1, 0.15) is 0 Å². The van der Waals surface area contributed by atoms with E-state index in [0.29, 0.717) is 37.0 Å². The van der Waals surface area contributed by atoms with Crippen LogP contribution in [0.5, 0.6) is 0 Å². The van der Waals surface area contributed by atoms with Gasteiger partial charge in [-0.3, -0.25) is 5.43 Å². The van der Waals surface area contributed by atoms with Crippen molar-refractivity contribution in [3.8, 4) is 0 Å². The van der Waals surface area contributed by atoms with Gasteiger partial charge in [-0.25, -0.2) is 8.42 Å². The van der Waals surface area contributed by atoms with Crippen molar-refractivity contribution in [3.63, 3.8) is 0 Å². The largest absolute Gasteiger partial charge is 0.379 e. The fourth-order valence-electron chi connectivity index (χ4n) is 3.68. The molecule has 2 aliphatic rings. The number of hydrogen-bond donors (Lipinski definition) is 2. The molecular weight excluding hydrogens is 456 g/mol. The summed E-state index contributed by atoms with van der Waals surface area (Å²) in [4.78, 5) is 0.150. The molecule has 0 saturated carbocycles. The van der Waals surface area contributed by atoms with Gasteiger partial charge in [-0.2, -0.15) is 9.41 Å². The zero-order chi connectivity index (χ0) is 21.8.